The summed E-state index contributed by atoms with van der Waals surface area (Å²) in [5, 5.41) is 2.47. The van der Waals surface area contributed by atoms with Crippen molar-refractivity contribution in [2.45, 2.75) is 25.8 Å². The number of hydrogen-bond acceptors (Lipinski definition) is 6. The van der Waals surface area contributed by atoms with Crippen molar-refractivity contribution in [3.8, 4) is 0 Å². The molecular formula is C12H21NO6. The lowest BCUT2D eigenvalue weighted by molar-refractivity contribution is -0.146. The number of rotatable bonds is 10. The number of ether oxygens (including phenoxy) is 3. The summed E-state index contributed by atoms with van der Waals surface area (Å²) in [6, 6.07) is -0.826. The van der Waals surface area contributed by atoms with Crippen LogP contribution in [0, 0.1) is 0 Å². The lowest BCUT2D eigenvalue weighted by atomic mass is 10.1. The normalized spacial score (nSPS) is 11.7. The van der Waals surface area contributed by atoms with E-state index >= 15 is 0 Å². The summed E-state index contributed by atoms with van der Waals surface area (Å²) in [7, 11) is 2.75. The van der Waals surface area contributed by atoms with Gasteiger partial charge in [0.1, 0.15) is 18.4 Å². The maximum Gasteiger partial charge on any atom is 0.328 e. The minimum Gasteiger partial charge on any atom is -0.467 e. The highest BCUT2D eigenvalue weighted by molar-refractivity contribution is 5.85. The van der Waals surface area contributed by atoms with Crippen LogP contribution in [0.5, 0.6) is 0 Å². The maximum absolute atomic E-state index is 11.5. The fraction of sp³-hybridized carbons (Fsp3) is 0.750. The monoisotopic (exact) mass is 275 g/mol. The number of amides is 1. The minimum atomic E-state index is -0.826. The van der Waals surface area contributed by atoms with Crippen LogP contribution < -0.4 is 5.32 Å². The molecule has 0 rings (SSSR count). The molecule has 0 aliphatic heterocycles. The summed E-state index contributed by atoms with van der Waals surface area (Å²) in [6.45, 7) is 1.93. The van der Waals surface area contributed by atoms with Crippen molar-refractivity contribution in [3.63, 3.8) is 0 Å². The molecule has 0 saturated carbocycles. The SMILES string of the molecule is COCCOCC(=O)N[C@H](CCC(C)=O)C(=O)OC. The topological polar surface area (TPSA) is 90.9 Å². The van der Waals surface area contributed by atoms with Crippen LogP contribution in [0.3, 0.4) is 0 Å². The van der Waals surface area contributed by atoms with Crippen LogP contribution in [0.15, 0.2) is 0 Å². The highest BCUT2D eigenvalue weighted by atomic mass is 16.5. The van der Waals surface area contributed by atoms with E-state index in [-0.39, 0.29) is 25.2 Å². The lowest BCUT2D eigenvalue weighted by Gasteiger charge is -2.15. The highest BCUT2D eigenvalue weighted by Crippen LogP contribution is 2.00. The van der Waals surface area contributed by atoms with E-state index in [1.54, 1.807) is 0 Å². The Balaban J connectivity index is 4.11. The van der Waals surface area contributed by atoms with E-state index in [1.807, 2.05) is 0 Å². The van der Waals surface area contributed by atoms with Gasteiger partial charge >= 0.3 is 5.97 Å². The molecule has 1 amide bonds. The second-order valence-corrected chi connectivity index (χ2v) is 3.93. The zero-order valence-corrected chi connectivity index (χ0v) is 11.6. The second kappa shape index (κ2) is 10.5. The molecule has 1 N–H and O–H groups in total. The molecule has 0 aliphatic rings. The van der Waals surface area contributed by atoms with Crippen LogP contribution in [0.2, 0.25) is 0 Å². The first-order chi connectivity index (χ1) is 9.01. The Labute approximate surface area is 112 Å². The smallest absolute Gasteiger partial charge is 0.328 e. The van der Waals surface area contributed by atoms with E-state index in [0.29, 0.717) is 13.2 Å². The predicted octanol–water partition coefficient (Wildman–Crippen LogP) is -0.324. The molecule has 0 bridgehead atoms. The molecule has 110 valence electrons. The first-order valence-electron chi connectivity index (χ1n) is 5.94. The lowest BCUT2D eigenvalue weighted by Crippen LogP contribution is -2.43. The van der Waals surface area contributed by atoms with Gasteiger partial charge in [-0.3, -0.25) is 4.79 Å². The van der Waals surface area contributed by atoms with Gasteiger partial charge in [0, 0.05) is 13.5 Å². The minimum absolute atomic E-state index is 0.0560. The van der Waals surface area contributed by atoms with Crippen LogP contribution in [-0.4, -0.2) is 57.7 Å². The largest absolute Gasteiger partial charge is 0.467 e. The standard InChI is InChI=1S/C12H21NO6/c1-9(14)4-5-10(12(16)18-3)13-11(15)8-19-7-6-17-2/h10H,4-8H2,1-3H3,(H,13,15)/t10-/m1/s1. The summed E-state index contributed by atoms with van der Waals surface area (Å²) >= 11 is 0. The molecular weight excluding hydrogens is 254 g/mol. The number of esters is 1. The van der Waals surface area contributed by atoms with Crippen LogP contribution in [-0.2, 0) is 28.6 Å². The van der Waals surface area contributed by atoms with Crippen LogP contribution >= 0.6 is 0 Å². The molecule has 0 aromatic carbocycles. The Morgan fingerprint density at radius 3 is 2.37 bits per heavy atom. The number of hydrogen-bond donors (Lipinski definition) is 1. The van der Waals surface area contributed by atoms with E-state index in [2.05, 4.69) is 10.1 Å². The van der Waals surface area contributed by atoms with Crippen molar-refractivity contribution >= 4 is 17.7 Å². The number of methoxy groups -OCH3 is 2. The van der Waals surface area contributed by atoms with E-state index < -0.39 is 17.9 Å². The summed E-state index contributed by atoms with van der Waals surface area (Å²) in [6.07, 6.45) is 0.413. The molecule has 19 heavy (non-hydrogen) atoms. The highest BCUT2D eigenvalue weighted by Gasteiger charge is 2.21. The van der Waals surface area contributed by atoms with E-state index in [0.717, 1.165) is 0 Å². The fourth-order valence-electron chi connectivity index (χ4n) is 1.28. The van der Waals surface area contributed by atoms with E-state index in [4.69, 9.17) is 9.47 Å². The molecule has 0 radical (unpaired) electrons. The zero-order chi connectivity index (χ0) is 14.7. The first-order valence-corrected chi connectivity index (χ1v) is 5.94. The maximum atomic E-state index is 11.5. The van der Waals surface area contributed by atoms with Gasteiger partial charge in [0.05, 0.1) is 20.3 Å². The molecule has 0 heterocycles. The molecule has 0 fully saturated rings. The van der Waals surface area contributed by atoms with Gasteiger partial charge in [-0.25, -0.2) is 4.79 Å². The van der Waals surface area contributed by atoms with Gasteiger partial charge in [-0.2, -0.15) is 0 Å². The van der Waals surface area contributed by atoms with Gasteiger partial charge in [0.2, 0.25) is 5.91 Å². The third-order valence-corrected chi connectivity index (χ3v) is 2.27. The van der Waals surface area contributed by atoms with E-state index in [9.17, 15) is 14.4 Å². The Kier molecular flexibility index (Phi) is 9.64. The van der Waals surface area contributed by atoms with Gasteiger partial charge in [-0.1, -0.05) is 0 Å². The summed E-state index contributed by atoms with van der Waals surface area (Å²) in [4.78, 5) is 33.8. The van der Waals surface area contributed by atoms with Crippen molar-refractivity contribution in [1.82, 2.24) is 5.32 Å². The van der Waals surface area contributed by atoms with Crippen LogP contribution in [0.4, 0.5) is 0 Å². The number of Topliss-reactive ketones (excluding diaryl/α,β-unsaturated/α-hetero) is 1. The van der Waals surface area contributed by atoms with Crippen LogP contribution in [0.1, 0.15) is 19.8 Å². The fourth-order valence-corrected chi connectivity index (χ4v) is 1.28. The van der Waals surface area contributed by atoms with Crippen LogP contribution in [0.25, 0.3) is 0 Å². The third-order valence-electron chi connectivity index (χ3n) is 2.27. The molecule has 7 nitrogen and oxygen atoms in total. The first kappa shape index (κ1) is 17.5. The van der Waals surface area contributed by atoms with Crippen molar-refractivity contribution < 1.29 is 28.6 Å². The van der Waals surface area contributed by atoms with Gasteiger partial charge < -0.3 is 24.3 Å². The van der Waals surface area contributed by atoms with E-state index in [1.165, 1.54) is 21.1 Å². The second-order valence-electron chi connectivity index (χ2n) is 3.93. The molecule has 0 saturated heterocycles. The van der Waals surface area contributed by atoms with Crippen molar-refractivity contribution in [3.05, 3.63) is 0 Å². The molecule has 0 aromatic rings. The molecule has 0 unspecified atom stereocenters. The van der Waals surface area contributed by atoms with Gasteiger partial charge in [0.25, 0.3) is 0 Å². The quantitative estimate of drug-likeness (QED) is 0.434. The predicted molar refractivity (Wildman–Crippen MR) is 66.6 cm³/mol. The van der Waals surface area contributed by atoms with Gasteiger partial charge in [-0.15, -0.1) is 0 Å². The number of ketones is 1. The number of carbonyl (C=O) groups is 3. The molecule has 0 aliphatic carbocycles. The Morgan fingerprint density at radius 2 is 1.84 bits per heavy atom. The molecule has 1 atom stereocenters. The molecule has 0 aromatic heterocycles. The Morgan fingerprint density at radius 1 is 1.16 bits per heavy atom. The van der Waals surface area contributed by atoms with Gasteiger partial charge in [-0.05, 0) is 13.3 Å². The zero-order valence-electron chi connectivity index (χ0n) is 11.6. The average molecular weight is 275 g/mol. The van der Waals surface area contributed by atoms with Crippen molar-refractivity contribution in [2.24, 2.45) is 0 Å². The third kappa shape index (κ3) is 9.15. The average Bonchev–Trinajstić information content (AvgIpc) is 2.38. The number of nitrogens with one attached hydrogen (secondary N) is 1. The van der Waals surface area contributed by atoms with Crippen molar-refractivity contribution in [2.75, 3.05) is 34.0 Å². The Bertz CT molecular complexity index is 305. The van der Waals surface area contributed by atoms with Crippen molar-refractivity contribution in [1.29, 1.82) is 0 Å². The summed E-state index contributed by atoms with van der Waals surface area (Å²) in [5.74, 6) is -1.07. The molecule has 0 spiro atoms. The number of carbonyl (C=O) groups excluding carboxylic acids is 3. The molecule has 7 heteroatoms. The Hall–Kier alpha value is -1.47. The van der Waals surface area contributed by atoms with Gasteiger partial charge in [0.15, 0.2) is 0 Å². The summed E-state index contributed by atoms with van der Waals surface area (Å²) < 4.78 is 14.3. The summed E-state index contributed by atoms with van der Waals surface area (Å²) in [5.41, 5.74) is 0.